The first kappa shape index (κ1) is 29.9. The third-order valence-electron chi connectivity index (χ3n) is 9.23. The van der Waals surface area contributed by atoms with E-state index in [1.54, 1.807) is 19.9 Å². The number of nitrogens with one attached hydrogen (secondary N) is 1. The summed E-state index contributed by atoms with van der Waals surface area (Å²) in [5.41, 5.74) is 1.85. The summed E-state index contributed by atoms with van der Waals surface area (Å²) in [6.45, 7) is 4.60. The molecule has 0 bridgehead atoms. The second-order valence-electron chi connectivity index (χ2n) is 11.8. The van der Waals surface area contributed by atoms with E-state index in [-0.39, 0.29) is 62.7 Å². The maximum Gasteiger partial charge on any atom is 0.343 e. The molecule has 0 saturated carbocycles. The van der Waals surface area contributed by atoms with Gasteiger partial charge in [0.25, 0.3) is 5.56 Å². The third-order valence-corrected chi connectivity index (χ3v) is 9.23. The molecule has 3 aromatic rings. The van der Waals surface area contributed by atoms with E-state index < -0.39 is 34.9 Å². The Morgan fingerprint density at radius 1 is 1.23 bits per heavy atom. The molecule has 3 aliphatic rings. The second-order valence-corrected chi connectivity index (χ2v) is 11.8. The summed E-state index contributed by atoms with van der Waals surface area (Å²) < 4.78 is 21.8. The lowest BCUT2D eigenvalue weighted by Gasteiger charge is -2.31. The Kier molecular flexibility index (Phi) is 7.53. The first-order valence-electron chi connectivity index (χ1n) is 15.0. The van der Waals surface area contributed by atoms with Crippen LogP contribution in [0, 0.1) is 12.7 Å². The molecular weight excluding hydrogens is 571 g/mol. The monoisotopic (exact) mass is 606 g/mol. The SMILES string of the molecule is CCCC(=O)N(CCO)CC(=O)NC1CCc2c(C)c(F)cc3nc4c(c1c23)Cn1c-4cc2c(c1=O)COC(=O)C2(O)CC. The highest BCUT2D eigenvalue weighted by Gasteiger charge is 2.46. The largest absolute Gasteiger partial charge is 0.458 e. The number of carbonyl (C=O) groups is 3. The quantitative estimate of drug-likeness (QED) is 0.259. The molecule has 1 aromatic carbocycles. The Balaban J connectivity index is 1.49. The first-order valence-corrected chi connectivity index (χ1v) is 15.0. The first-order chi connectivity index (χ1) is 21.0. The molecule has 2 aliphatic heterocycles. The Bertz CT molecular complexity index is 1800. The van der Waals surface area contributed by atoms with E-state index in [0.29, 0.717) is 47.3 Å². The lowest BCUT2D eigenvalue weighted by molar-refractivity contribution is -0.172. The zero-order chi connectivity index (χ0) is 31.5. The summed E-state index contributed by atoms with van der Waals surface area (Å²) in [6, 6.07) is 2.44. The molecule has 6 rings (SSSR count). The van der Waals surface area contributed by atoms with E-state index in [1.807, 2.05) is 6.92 Å². The highest BCUT2D eigenvalue weighted by molar-refractivity contribution is 5.94. The van der Waals surface area contributed by atoms with Crippen molar-refractivity contribution in [3.63, 3.8) is 0 Å². The van der Waals surface area contributed by atoms with Crippen LogP contribution in [0.2, 0.25) is 0 Å². The summed E-state index contributed by atoms with van der Waals surface area (Å²) in [5, 5.41) is 24.5. The molecule has 2 aromatic heterocycles. The zero-order valence-corrected chi connectivity index (χ0v) is 25.0. The van der Waals surface area contributed by atoms with Crippen molar-refractivity contribution in [1.29, 1.82) is 0 Å². The summed E-state index contributed by atoms with van der Waals surface area (Å²) in [4.78, 5) is 58.4. The molecule has 0 fully saturated rings. The molecule has 2 atom stereocenters. The van der Waals surface area contributed by atoms with E-state index >= 15 is 4.39 Å². The Morgan fingerprint density at radius 3 is 2.70 bits per heavy atom. The summed E-state index contributed by atoms with van der Waals surface area (Å²) >= 11 is 0. The van der Waals surface area contributed by atoms with Gasteiger partial charge in [0.1, 0.15) is 12.4 Å². The smallest absolute Gasteiger partial charge is 0.343 e. The maximum atomic E-state index is 15.1. The second kappa shape index (κ2) is 11.1. The van der Waals surface area contributed by atoms with Crippen molar-refractivity contribution >= 4 is 28.7 Å². The van der Waals surface area contributed by atoms with Gasteiger partial charge >= 0.3 is 5.97 Å². The van der Waals surface area contributed by atoms with Crippen LogP contribution in [-0.4, -0.2) is 62.1 Å². The van der Waals surface area contributed by atoms with Gasteiger partial charge in [-0.25, -0.2) is 14.2 Å². The van der Waals surface area contributed by atoms with Crippen molar-refractivity contribution in [2.45, 2.75) is 77.7 Å². The van der Waals surface area contributed by atoms with Crippen molar-refractivity contribution in [1.82, 2.24) is 19.8 Å². The number of benzene rings is 1. The van der Waals surface area contributed by atoms with Crippen molar-refractivity contribution < 1.29 is 33.7 Å². The van der Waals surface area contributed by atoms with E-state index in [9.17, 15) is 29.4 Å². The number of aliphatic hydroxyl groups is 2. The van der Waals surface area contributed by atoms with Crippen LogP contribution < -0.4 is 10.9 Å². The van der Waals surface area contributed by atoms with Gasteiger partial charge in [-0.15, -0.1) is 0 Å². The standard InChI is InChI=1S/C32H35FN4O7/c1-4-6-26(40)36(9-10-38)14-25(39)34-22-8-7-17-16(3)21(33)12-23-27(17)28(22)18-13-37-24(29(18)35-23)11-20-19(30(37)41)15-44-31(42)32(20,43)5-2/h11-12,22,38,43H,4-10,13-15H2,1-3H3,(H,34,39). The Hall–Kier alpha value is -4.16. The molecule has 3 N–H and O–H groups in total. The Labute approximate surface area is 252 Å². The van der Waals surface area contributed by atoms with Gasteiger partial charge in [-0.3, -0.25) is 14.4 Å². The van der Waals surface area contributed by atoms with Gasteiger partial charge in [-0.1, -0.05) is 13.8 Å². The number of carbonyl (C=O) groups excluding carboxylic acids is 3. The number of aliphatic hydroxyl groups excluding tert-OH is 1. The molecule has 2 amide bonds. The predicted molar refractivity (Wildman–Crippen MR) is 157 cm³/mol. The van der Waals surface area contributed by atoms with Gasteiger partial charge in [-0.05, 0) is 55.4 Å². The predicted octanol–water partition coefficient (Wildman–Crippen LogP) is 2.25. The number of nitrogens with zero attached hydrogens (tertiary/aromatic N) is 3. The van der Waals surface area contributed by atoms with E-state index in [4.69, 9.17) is 9.72 Å². The van der Waals surface area contributed by atoms with Crippen LogP contribution >= 0.6 is 0 Å². The van der Waals surface area contributed by atoms with E-state index in [0.717, 1.165) is 16.5 Å². The summed E-state index contributed by atoms with van der Waals surface area (Å²) in [6.07, 6.45) is 1.81. The number of esters is 1. The van der Waals surface area contributed by atoms with Gasteiger partial charge in [0.2, 0.25) is 11.8 Å². The number of rotatable bonds is 8. The van der Waals surface area contributed by atoms with E-state index in [2.05, 4.69) is 5.32 Å². The minimum Gasteiger partial charge on any atom is -0.458 e. The van der Waals surface area contributed by atoms with Gasteiger partial charge < -0.3 is 29.7 Å². The highest BCUT2D eigenvalue weighted by Crippen LogP contribution is 2.45. The fourth-order valence-corrected chi connectivity index (χ4v) is 6.90. The number of fused-ring (bicyclic) bond motifs is 5. The molecule has 0 saturated heterocycles. The van der Waals surface area contributed by atoms with Crippen LogP contribution in [0.5, 0.6) is 0 Å². The van der Waals surface area contributed by atoms with Gasteiger partial charge in [0.05, 0.1) is 48.2 Å². The van der Waals surface area contributed by atoms with Crippen LogP contribution in [0.1, 0.15) is 79.0 Å². The van der Waals surface area contributed by atoms with Crippen LogP contribution in [-0.2, 0) is 44.3 Å². The number of halogens is 1. The zero-order valence-electron chi connectivity index (χ0n) is 25.0. The molecule has 2 unspecified atom stereocenters. The number of ether oxygens (including phenoxy) is 1. The fourth-order valence-electron chi connectivity index (χ4n) is 6.90. The fraction of sp³-hybridized carbons (Fsp3) is 0.469. The van der Waals surface area contributed by atoms with Crippen LogP contribution in [0.3, 0.4) is 0 Å². The minimum atomic E-state index is -1.99. The number of pyridine rings is 2. The van der Waals surface area contributed by atoms with E-state index in [1.165, 1.54) is 15.5 Å². The molecular formula is C32H35FN4O7. The number of hydrogen-bond acceptors (Lipinski definition) is 8. The molecule has 1 aliphatic carbocycles. The van der Waals surface area contributed by atoms with Crippen molar-refractivity contribution in [3.05, 3.63) is 61.7 Å². The van der Waals surface area contributed by atoms with Crippen LogP contribution in [0.25, 0.3) is 22.3 Å². The maximum absolute atomic E-state index is 15.1. The number of amides is 2. The molecule has 11 nitrogen and oxygen atoms in total. The minimum absolute atomic E-state index is 0.000986. The molecule has 4 heterocycles. The third kappa shape index (κ3) is 4.50. The van der Waals surface area contributed by atoms with Crippen LogP contribution in [0.4, 0.5) is 4.39 Å². The summed E-state index contributed by atoms with van der Waals surface area (Å²) in [7, 11) is 0. The summed E-state index contributed by atoms with van der Waals surface area (Å²) in [5.74, 6) is -1.86. The topological polar surface area (TPSA) is 151 Å². The number of aryl methyl sites for hydroxylation is 1. The highest BCUT2D eigenvalue weighted by atomic mass is 19.1. The molecule has 232 valence electrons. The van der Waals surface area contributed by atoms with Crippen molar-refractivity contribution in [2.24, 2.45) is 0 Å². The number of aromatic nitrogens is 2. The average Bonchev–Trinajstić information content (AvgIpc) is 3.37. The lowest BCUT2D eigenvalue weighted by Crippen LogP contribution is -2.44. The number of cyclic esters (lactones) is 1. The van der Waals surface area contributed by atoms with Gasteiger partial charge in [0.15, 0.2) is 5.60 Å². The van der Waals surface area contributed by atoms with Gasteiger partial charge in [0, 0.05) is 35.5 Å². The lowest BCUT2D eigenvalue weighted by atomic mass is 9.81. The normalized spacial score (nSPS) is 19.7. The molecule has 0 radical (unpaired) electrons. The molecule has 12 heteroatoms. The van der Waals surface area contributed by atoms with Gasteiger partial charge in [-0.2, -0.15) is 0 Å². The molecule has 0 spiro atoms. The van der Waals surface area contributed by atoms with Crippen molar-refractivity contribution in [3.8, 4) is 11.4 Å². The van der Waals surface area contributed by atoms with Crippen LogP contribution in [0.15, 0.2) is 16.9 Å². The Morgan fingerprint density at radius 2 is 2.00 bits per heavy atom. The average molecular weight is 607 g/mol. The number of hydrogen-bond donors (Lipinski definition) is 3. The van der Waals surface area contributed by atoms with Crippen molar-refractivity contribution in [2.75, 3.05) is 19.7 Å². The molecule has 44 heavy (non-hydrogen) atoms.